The second-order valence-electron chi connectivity index (χ2n) is 5.12. The van der Waals surface area contributed by atoms with Gasteiger partial charge in [0.1, 0.15) is 11.9 Å². The van der Waals surface area contributed by atoms with Crippen molar-refractivity contribution in [2.45, 2.75) is 32.2 Å². The number of aromatic nitrogens is 2. The topological polar surface area (TPSA) is 38.1 Å². The molecule has 1 aromatic carbocycles. The van der Waals surface area contributed by atoms with E-state index in [-0.39, 0.29) is 17.3 Å². The molecule has 0 spiro atoms. The van der Waals surface area contributed by atoms with Crippen LogP contribution in [0.2, 0.25) is 5.02 Å². The van der Waals surface area contributed by atoms with Gasteiger partial charge in [0.25, 0.3) is 0 Å². The number of benzene rings is 1. The second-order valence-corrected chi connectivity index (χ2v) is 6.21. The third-order valence-electron chi connectivity index (χ3n) is 3.63. The molecule has 4 nitrogen and oxygen atoms in total. The number of likely N-dealkylation sites (N-methyl/N-ethyl adjacent to an activating group) is 1. The molecule has 6 heteroatoms. The maximum Gasteiger partial charge on any atom is 0.245 e. The zero-order chi connectivity index (χ0) is 15.7. The smallest absolute Gasteiger partial charge is 0.245 e. The molecule has 2 rings (SSSR count). The number of nitrogens with zero attached hydrogens (tertiary/aromatic N) is 3. The number of rotatable bonds is 4. The van der Waals surface area contributed by atoms with Crippen LogP contribution < -0.4 is 0 Å². The Morgan fingerprint density at radius 2 is 2.10 bits per heavy atom. The van der Waals surface area contributed by atoms with Crippen LogP contribution in [-0.4, -0.2) is 34.0 Å². The highest BCUT2D eigenvalue weighted by Gasteiger charge is 2.25. The molecule has 0 radical (unpaired) electrons. The van der Waals surface area contributed by atoms with E-state index >= 15 is 0 Å². The fraction of sp³-hybridized carbons (Fsp3) is 0.467. The average molecular weight is 328 g/mol. The number of carbonyl (C=O) groups is 1. The van der Waals surface area contributed by atoms with E-state index in [1.54, 1.807) is 24.1 Å². The first-order chi connectivity index (χ1) is 9.86. The Morgan fingerprint density at radius 1 is 1.43 bits per heavy atom. The number of halogens is 2. The van der Waals surface area contributed by atoms with Crippen LogP contribution in [0.5, 0.6) is 0 Å². The van der Waals surface area contributed by atoms with E-state index in [2.05, 4.69) is 4.98 Å². The number of hydrogen-bond donors (Lipinski definition) is 0. The third-order valence-corrected chi connectivity index (χ3v) is 4.06. The van der Waals surface area contributed by atoms with Crippen LogP contribution in [0.4, 0.5) is 0 Å². The molecule has 0 aliphatic carbocycles. The highest BCUT2D eigenvalue weighted by atomic mass is 35.5. The van der Waals surface area contributed by atoms with Gasteiger partial charge in [0.2, 0.25) is 5.91 Å². The maximum absolute atomic E-state index is 12.5. The molecule has 0 aliphatic heterocycles. The number of fused-ring (bicyclic) bond motifs is 1. The van der Waals surface area contributed by atoms with E-state index in [1.807, 2.05) is 31.4 Å². The van der Waals surface area contributed by atoms with Crippen molar-refractivity contribution in [2.24, 2.45) is 0 Å². The van der Waals surface area contributed by atoms with E-state index < -0.39 is 0 Å². The van der Waals surface area contributed by atoms with Gasteiger partial charge in [-0.25, -0.2) is 4.98 Å². The fourth-order valence-electron chi connectivity index (χ4n) is 2.36. The first-order valence-corrected chi connectivity index (χ1v) is 7.74. The molecule has 0 fully saturated rings. The van der Waals surface area contributed by atoms with E-state index in [4.69, 9.17) is 23.2 Å². The summed E-state index contributed by atoms with van der Waals surface area (Å²) in [5.74, 6) is 0.713. The molecule has 0 bridgehead atoms. The average Bonchev–Trinajstić information content (AvgIpc) is 2.83. The molecule has 0 aliphatic rings. The van der Waals surface area contributed by atoms with Crippen molar-refractivity contribution in [3.05, 3.63) is 29.0 Å². The molecule has 0 N–H and O–H groups in total. The molecule has 0 saturated carbocycles. The van der Waals surface area contributed by atoms with Gasteiger partial charge in [-0.05, 0) is 39.0 Å². The van der Waals surface area contributed by atoms with Crippen LogP contribution >= 0.6 is 23.2 Å². The molecule has 1 aromatic heterocycles. The fourth-order valence-corrected chi connectivity index (χ4v) is 2.68. The number of carbonyl (C=O) groups excluding carboxylic acids is 1. The van der Waals surface area contributed by atoms with E-state index in [1.165, 1.54) is 0 Å². The lowest BCUT2D eigenvalue weighted by atomic mass is 10.2. The Morgan fingerprint density at radius 3 is 2.67 bits per heavy atom. The Labute approximate surface area is 134 Å². The molecular formula is C15H19Cl2N3O. The zero-order valence-electron chi connectivity index (χ0n) is 12.6. The van der Waals surface area contributed by atoms with E-state index in [0.717, 1.165) is 11.0 Å². The van der Waals surface area contributed by atoms with Crippen LogP contribution in [0.3, 0.4) is 0 Å². The van der Waals surface area contributed by atoms with Gasteiger partial charge in [0.15, 0.2) is 0 Å². The highest BCUT2D eigenvalue weighted by molar-refractivity contribution is 6.31. The number of imidazole rings is 1. The summed E-state index contributed by atoms with van der Waals surface area (Å²) in [4.78, 5) is 18.7. The van der Waals surface area contributed by atoms with Crippen molar-refractivity contribution < 1.29 is 4.79 Å². The molecule has 1 heterocycles. The number of hydrogen-bond acceptors (Lipinski definition) is 2. The van der Waals surface area contributed by atoms with Crippen molar-refractivity contribution in [3.63, 3.8) is 0 Å². The first-order valence-electron chi connectivity index (χ1n) is 6.93. The van der Waals surface area contributed by atoms with Crippen LogP contribution in [0.15, 0.2) is 18.2 Å². The van der Waals surface area contributed by atoms with E-state index in [9.17, 15) is 4.79 Å². The zero-order valence-corrected chi connectivity index (χ0v) is 14.1. The van der Waals surface area contributed by atoms with Crippen molar-refractivity contribution in [1.29, 1.82) is 0 Å². The van der Waals surface area contributed by atoms with Crippen LogP contribution in [0.1, 0.15) is 38.0 Å². The minimum absolute atomic E-state index is 0.0327. The molecular weight excluding hydrogens is 309 g/mol. The molecule has 2 unspecified atom stereocenters. The highest BCUT2D eigenvalue weighted by Crippen LogP contribution is 2.30. The monoisotopic (exact) mass is 327 g/mol. The summed E-state index contributed by atoms with van der Waals surface area (Å²) in [7, 11) is 1.79. The maximum atomic E-state index is 12.5. The summed E-state index contributed by atoms with van der Waals surface area (Å²) < 4.78 is 1.90. The van der Waals surface area contributed by atoms with Crippen molar-refractivity contribution in [2.75, 3.05) is 13.6 Å². The quantitative estimate of drug-likeness (QED) is 0.795. The molecule has 21 heavy (non-hydrogen) atoms. The Kier molecular flexibility index (Phi) is 4.79. The van der Waals surface area contributed by atoms with Gasteiger partial charge >= 0.3 is 0 Å². The second kappa shape index (κ2) is 6.24. The van der Waals surface area contributed by atoms with Crippen LogP contribution in [-0.2, 0) is 4.79 Å². The van der Waals surface area contributed by atoms with Crippen LogP contribution in [0, 0.1) is 0 Å². The molecule has 2 atom stereocenters. The van der Waals surface area contributed by atoms with Gasteiger partial charge in [0.05, 0.1) is 16.4 Å². The summed E-state index contributed by atoms with van der Waals surface area (Å²) >= 11 is 12.3. The largest absolute Gasteiger partial charge is 0.344 e. The normalized spacial score (nSPS) is 14.2. The molecule has 2 aromatic rings. The van der Waals surface area contributed by atoms with Crippen molar-refractivity contribution in [1.82, 2.24) is 14.5 Å². The van der Waals surface area contributed by atoms with Gasteiger partial charge in [-0.1, -0.05) is 11.6 Å². The summed E-state index contributed by atoms with van der Waals surface area (Å²) in [6, 6.07) is 5.10. The van der Waals surface area contributed by atoms with Crippen LogP contribution in [0.25, 0.3) is 11.0 Å². The van der Waals surface area contributed by atoms with Gasteiger partial charge in [-0.15, -0.1) is 11.6 Å². The summed E-state index contributed by atoms with van der Waals surface area (Å²) in [5.41, 5.74) is 1.62. The SMILES string of the molecule is CCN(C)C(=O)C(C)n1c(C(C)Cl)nc2cc(Cl)ccc21. The Balaban J connectivity index is 2.60. The lowest BCUT2D eigenvalue weighted by Crippen LogP contribution is -2.33. The van der Waals surface area contributed by atoms with E-state index in [0.29, 0.717) is 17.4 Å². The summed E-state index contributed by atoms with van der Waals surface area (Å²) in [6.45, 7) is 6.32. The summed E-state index contributed by atoms with van der Waals surface area (Å²) in [5, 5.41) is 0.323. The Hall–Kier alpha value is -1.26. The lowest BCUT2D eigenvalue weighted by Gasteiger charge is -2.23. The molecule has 1 amide bonds. The lowest BCUT2D eigenvalue weighted by molar-refractivity contribution is -0.132. The third kappa shape index (κ3) is 3.01. The minimum atomic E-state index is -0.364. The molecule has 114 valence electrons. The summed E-state index contributed by atoms with van der Waals surface area (Å²) in [6.07, 6.45) is 0. The first kappa shape index (κ1) is 16.1. The van der Waals surface area contributed by atoms with Gasteiger partial charge in [-0.2, -0.15) is 0 Å². The predicted octanol–water partition coefficient (Wildman–Crippen LogP) is 4.03. The number of amides is 1. The minimum Gasteiger partial charge on any atom is -0.344 e. The molecule has 0 saturated heterocycles. The number of alkyl halides is 1. The standard InChI is InChI=1S/C15H19Cl2N3O/c1-5-19(4)15(21)10(3)20-13-7-6-11(17)8-12(13)18-14(20)9(2)16/h6-10H,5H2,1-4H3. The van der Waals surface area contributed by atoms with Gasteiger partial charge in [-0.3, -0.25) is 4.79 Å². The van der Waals surface area contributed by atoms with Gasteiger partial charge in [0, 0.05) is 18.6 Å². The van der Waals surface area contributed by atoms with Crippen molar-refractivity contribution >= 4 is 40.1 Å². The van der Waals surface area contributed by atoms with Crippen molar-refractivity contribution in [3.8, 4) is 0 Å². The Bertz CT molecular complexity index is 666. The predicted molar refractivity (Wildman–Crippen MR) is 87.0 cm³/mol. The van der Waals surface area contributed by atoms with Gasteiger partial charge < -0.3 is 9.47 Å².